The number of thiophene rings is 1. The number of hydrogen-bond acceptors (Lipinski definition) is 2. The Bertz CT molecular complexity index is 292. The lowest BCUT2D eigenvalue weighted by atomic mass is 10.0. The molecule has 0 aliphatic carbocycles. The van der Waals surface area contributed by atoms with Crippen LogP contribution in [0.25, 0.3) is 0 Å². The maximum Gasteiger partial charge on any atom is 0.455 e. The van der Waals surface area contributed by atoms with Crippen LogP contribution in [0, 0.1) is 0 Å². The fraction of sp³-hybridized carbons (Fsp3) is 0.429. The van der Waals surface area contributed by atoms with Crippen LogP contribution in [0.2, 0.25) is 0 Å². The van der Waals surface area contributed by atoms with E-state index in [-0.39, 0.29) is 5.56 Å². The van der Waals surface area contributed by atoms with E-state index in [9.17, 15) is 22.0 Å². The highest BCUT2D eigenvalue weighted by Crippen LogP contribution is 2.43. The smallest absolute Gasteiger partial charge is 0.319 e. The lowest BCUT2D eigenvalue weighted by molar-refractivity contribution is -0.290. The number of hydrogen-bond donors (Lipinski definition) is 1. The second-order valence-corrected chi connectivity index (χ2v) is 3.44. The summed E-state index contributed by atoms with van der Waals surface area (Å²) in [6, 6.07) is -1.19. The van der Waals surface area contributed by atoms with Crippen molar-refractivity contribution < 1.29 is 22.0 Å². The Morgan fingerprint density at radius 2 is 1.79 bits per heavy atom. The zero-order valence-electron chi connectivity index (χ0n) is 6.68. The van der Waals surface area contributed by atoms with Crippen LogP contribution in [0.3, 0.4) is 0 Å². The Morgan fingerprint density at radius 1 is 1.21 bits per heavy atom. The van der Waals surface area contributed by atoms with Crippen LogP contribution in [0.15, 0.2) is 16.8 Å². The fourth-order valence-electron chi connectivity index (χ4n) is 0.838. The zero-order valence-corrected chi connectivity index (χ0v) is 7.50. The molecule has 0 radical (unpaired) electrons. The van der Waals surface area contributed by atoms with Crippen LogP contribution >= 0.6 is 11.3 Å². The highest BCUT2D eigenvalue weighted by Gasteiger charge is 2.61. The van der Waals surface area contributed by atoms with Gasteiger partial charge >= 0.3 is 12.1 Å². The summed E-state index contributed by atoms with van der Waals surface area (Å²) in [5, 5.41) is 2.56. The summed E-state index contributed by atoms with van der Waals surface area (Å²) in [4.78, 5) is 0. The Hall–Kier alpha value is -0.690. The molecular weight excluding hydrogens is 225 g/mol. The molecule has 0 saturated carbocycles. The van der Waals surface area contributed by atoms with Gasteiger partial charge in [0.15, 0.2) is 0 Å². The minimum atomic E-state index is -5.62. The van der Waals surface area contributed by atoms with Gasteiger partial charge in [0.2, 0.25) is 0 Å². The number of halogens is 5. The summed E-state index contributed by atoms with van der Waals surface area (Å²) >= 11 is 1.01. The standard InChI is InChI=1S/C7H6F5NS/c8-6(9,7(10,11)12)5(13)4-1-2-14-3-4/h1-3,5H,13H2/t5-/m0/s1. The van der Waals surface area contributed by atoms with Crippen molar-refractivity contribution in [2.24, 2.45) is 5.73 Å². The predicted molar refractivity (Wildman–Crippen MR) is 42.2 cm³/mol. The molecule has 0 aromatic carbocycles. The molecule has 0 aliphatic rings. The third kappa shape index (κ3) is 1.88. The van der Waals surface area contributed by atoms with Crippen LogP contribution in [0.5, 0.6) is 0 Å². The Kier molecular flexibility index (Phi) is 2.82. The molecule has 0 spiro atoms. The van der Waals surface area contributed by atoms with Crippen LogP contribution in [-0.2, 0) is 0 Å². The van der Waals surface area contributed by atoms with Gasteiger partial charge in [0.1, 0.15) is 6.04 Å². The molecule has 1 aromatic heterocycles. The third-order valence-electron chi connectivity index (χ3n) is 1.67. The minimum Gasteiger partial charge on any atom is -0.319 e. The van der Waals surface area contributed by atoms with E-state index in [2.05, 4.69) is 0 Å². The van der Waals surface area contributed by atoms with Crippen LogP contribution < -0.4 is 5.73 Å². The van der Waals surface area contributed by atoms with Gasteiger partial charge in [0, 0.05) is 0 Å². The first-order valence-corrected chi connectivity index (χ1v) is 4.43. The molecule has 14 heavy (non-hydrogen) atoms. The third-order valence-corrected chi connectivity index (χ3v) is 2.37. The zero-order chi connectivity index (χ0) is 11.0. The van der Waals surface area contributed by atoms with Crippen molar-refractivity contribution in [1.29, 1.82) is 0 Å². The summed E-state index contributed by atoms with van der Waals surface area (Å²) in [5.41, 5.74) is 4.63. The summed E-state index contributed by atoms with van der Waals surface area (Å²) in [6.07, 6.45) is -5.62. The second kappa shape index (κ2) is 3.47. The first kappa shape index (κ1) is 11.4. The summed E-state index contributed by atoms with van der Waals surface area (Å²) in [7, 11) is 0. The van der Waals surface area contributed by atoms with Crippen molar-refractivity contribution in [3.63, 3.8) is 0 Å². The SMILES string of the molecule is N[C@@H](c1ccsc1)C(F)(F)C(F)(F)F. The second-order valence-electron chi connectivity index (χ2n) is 2.66. The molecule has 0 unspecified atom stereocenters. The van der Waals surface area contributed by atoms with E-state index < -0.39 is 18.1 Å². The quantitative estimate of drug-likeness (QED) is 0.778. The van der Waals surface area contributed by atoms with E-state index in [1.54, 1.807) is 0 Å². The van der Waals surface area contributed by atoms with Crippen molar-refractivity contribution >= 4 is 11.3 Å². The lowest BCUT2D eigenvalue weighted by Crippen LogP contribution is -2.45. The maximum atomic E-state index is 12.6. The van der Waals surface area contributed by atoms with Gasteiger partial charge in [-0.25, -0.2) is 0 Å². The van der Waals surface area contributed by atoms with Crippen molar-refractivity contribution in [2.45, 2.75) is 18.1 Å². The van der Waals surface area contributed by atoms with E-state index in [0.29, 0.717) is 0 Å². The lowest BCUT2D eigenvalue weighted by Gasteiger charge is -2.25. The highest BCUT2D eigenvalue weighted by molar-refractivity contribution is 7.07. The molecule has 0 saturated heterocycles. The Labute approximate surface area is 80.3 Å². The minimum absolute atomic E-state index is 0.211. The summed E-state index contributed by atoms with van der Waals surface area (Å²) < 4.78 is 60.8. The molecule has 80 valence electrons. The molecule has 1 atom stereocenters. The van der Waals surface area contributed by atoms with Crippen molar-refractivity contribution in [3.8, 4) is 0 Å². The van der Waals surface area contributed by atoms with Gasteiger partial charge in [-0.3, -0.25) is 0 Å². The van der Waals surface area contributed by atoms with Crippen LogP contribution in [0.1, 0.15) is 11.6 Å². The van der Waals surface area contributed by atoms with E-state index in [1.807, 2.05) is 0 Å². The van der Waals surface area contributed by atoms with Gasteiger partial charge in [-0.1, -0.05) is 0 Å². The van der Waals surface area contributed by atoms with Crippen molar-refractivity contribution in [3.05, 3.63) is 22.4 Å². The predicted octanol–water partition coefficient (Wildman–Crippen LogP) is 2.95. The Morgan fingerprint density at radius 3 is 2.14 bits per heavy atom. The van der Waals surface area contributed by atoms with Gasteiger partial charge in [0.25, 0.3) is 0 Å². The fourth-order valence-corrected chi connectivity index (χ4v) is 1.53. The van der Waals surface area contributed by atoms with E-state index in [4.69, 9.17) is 5.73 Å². The van der Waals surface area contributed by atoms with E-state index in [0.717, 1.165) is 17.4 Å². The van der Waals surface area contributed by atoms with Crippen molar-refractivity contribution in [1.82, 2.24) is 0 Å². The first-order chi connectivity index (χ1) is 6.27. The molecule has 0 fully saturated rings. The van der Waals surface area contributed by atoms with Gasteiger partial charge in [-0.15, -0.1) is 0 Å². The molecule has 0 amide bonds. The average Bonchev–Trinajstić information content (AvgIpc) is 2.52. The molecule has 1 nitrogen and oxygen atoms in total. The molecule has 1 rings (SSSR count). The normalized spacial score (nSPS) is 15.6. The van der Waals surface area contributed by atoms with Gasteiger partial charge < -0.3 is 5.73 Å². The number of nitrogens with two attached hydrogens (primary N) is 1. The number of rotatable bonds is 2. The van der Waals surface area contributed by atoms with E-state index >= 15 is 0 Å². The molecule has 2 N–H and O–H groups in total. The van der Waals surface area contributed by atoms with Gasteiger partial charge in [-0.2, -0.15) is 33.3 Å². The van der Waals surface area contributed by atoms with Gasteiger partial charge in [0.05, 0.1) is 0 Å². The molecule has 1 heterocycles. The summed E-state index contributed by atoms with van der Waals surface area (Å²) in [6.45, 7) is 0. The molecular formula is C7H6F5NS. The molecule has 0 bridgehead atoms. The Balaban J connectivity index is 2.94. The largest absolute Gasteiger partial charge is 0.455 e. The average molecular weight is 231 g/mol. The van der Waals surface area contributed by atoms with Crippen LogP contribution in [-0.4, -0.2) is 12.1 Å². The maximum absolute atomic E-state index is 12.6. The number of alkyl halides is 5. The highest BCUT2D eigenvalue weighted by atomic mass is 32.1. The first-order valence-electron chi connectivity index (χ1n) is 3.49. The van der Waals surface area contributed by atoms with Crippen molar-refractivity contribution in [2.75, 3.05) is 0 Å². The molecule has 0 aliphatic heterocycles. The molecule has 1 aromatic rings. The van der Waals surface area contributed by atoms with Gasteiger partial charge in [-0.05, 0) is 22.4 Å². The monoisotopic (exact) mass is 231 g/mol. The van der Waals surface area contributed by atoms with Crippen LogP contribution in [0.4, 0.5) is 22.0 Å². The topological polar surface area (TPSA) is 26.0 Å². The molecule has 7 heteroatoms. The van der Waals surface area contributed by atoms with E-state index in [1.165, 1.54) is 10.8 Å². The summed E-state index contributed by atoms with van der Waals surface area (Å²) in [5.74, 6) is -4.89.